The molecule has 1 fully saturated rings. The summed E-state index contributed by atoms with van der Waals surface area (Å²) in [7, 11) is 1.90. The monoisotopic (exact) mass is 248 g/mol. The van der Waals surface area contributed by atoms with Crippen molar-refractivity contribution in [2.75, 3.05) is 30.4 Å². The summed E-state index contributed by atoms with van der Waals surface area (Å²) >= 11 is 0. The maximum Gasteiger partial charge on any atom is 0.137 e. The average Bonchev–Trinajstić information content (AvgIpc) is 2.78. The van der Waals surface area contributed by atoms with Gasteiger partial charge in [-0.1, -0.05) is 20.8 Å². The Hall–Kier alpha value is -1.32. The largest absolute Gasteiger partial charge is 0.373 e. The zero-order valence-electron chi connectivity index (χ0n) is 12.1. The van der Waals surface area contributed by atoms with E-state index in [1.807, 2.05) is 7.05 Å². The first kappa shape index (κ1) is 13.1. The molecule has 1 aliphatic rings. The molecule has 0 aromatic carbocycles. The molecule has 0 saturated carbocycles. The molecule has 2 rings (SSSR count). The molecule has 1 saturated heterocycles. The number of aromatic nitrogens is 2. The Morgan fingerprint density at radius 2 is 2.06 bits per heavy atom. The molecule has 1 atom stereocenters. The Morgan fingerprint density at radius 3 is 2.61 bits per heavy atom. The van der Waals surface area contributed by atoms with Crippen molar-refractivity contribution < 1.29 is 0 Å². The lowest BCUT2D eigenvalue weighted by Gasteiger charge is -2.27. The van der Waals surface area contributed by atoms with Gasteiger partial charge in [0, 0.05) is 25.7 Å². The van der Waals surface area contributed by atoms with E-state index in [0.29, 0.717) is 5.41 Å². The Labute approximate surface area is 110 Å². The Kier molecular flexibility index (Phi) is 3.46. The third kappa shape index (κ3) is 2.42. The SMILES string of the molecule is CNc1ncnc(N2CCC(C(C)(C)C)C2)c1C. The molecule has 1 aromatic rings. The van der Waals surface area contributed by atoms with Gasteiger partial charge in [-0.3, -0.25) is 0 Å². The first-order valence-corrected chi connectivity index (χ1v) is 6.67. The molecule has 18 heavy (non-hydrogen) atoms. The lowest BCUT2D eigenvalue weighted by Crippen LogP contribution is -2.27. The molecule has 1 aromatic heterocycles. The minimum Gasteiger partial charge on any atom is -0.373 e. The number of rotatable bonds is 2. The van der Waals surface area contributed by atoms with Gasteiger partial charge in [-0.2, -0.15) is 0 Å². The van der Waals surface area contributed by atoms with Gasteiger partial charge in [0.2, 0.25) is 0 Å². The van der Waals surface area contributed by atoms with E-state index in [0.717, 1.165) is 36.2 Å². The van der Waals surface area contributed by atoms with Crippen LogP contribution in [0, 0.1) is 18.3 Å². The molecule has 0 aliphatic carbocycles. The van der Waals surface area contributed by atoms with Crippen molar-refractivity contribution in [1.82, 2.24) is 9.97 Å². The number of nitrogens with one attached hydrogen (secondary N) is 1. The van der Waals surface area contributed by atoms with Crippen LogP contribution in [0.4, 0.5) is 11.6 Å². The number of hydrogen-bond donors (Lipinski definition) is 1. The molecule has 0 spiro atoms. The van der Waals surface area contributed by atoms with Gasteiger partial charge < -0.3 is 10.2 Å². The van der Waals surface area contributed by atoms with Gasteiger partial charge in [-0.15, -0.1) is 0 Å². The van der Waals surface area contributed by atoms with E-state index < -0.39 is 0 Å². The second-order valence-corrected chi connectivity index (χ2v) is 6.22. The van der Waals surface area contributed by atoms with Gasteiger partial charge in [0.05, 0.1) is 0 Å². The van der Waals surface area contributed by atoms with E-state index in [1.165, 1.54) is 6.42 Å². The maximum atomic E-state index is 4.46. The van der Waals surface area contributed by atoms with Crippen LogP contribution in [-0.2, 0) is 0 Å². The highest BCUT2D eigenvalue weighted by atomic mass is 15.2. The number of anilines is 2. The summed E-state index contributed by atoms with van der Waals surface area (Å²) in [4.78, 5) is 11.1. The fraction of sp³-hybridized carbons (Fsp3) is 0.714. The van der Waals surface area contributed by atoms with Gasteiger partial charge in [-0.05, 0) is 24.7 Å². The standard InChI is InChI=1S/C14H24N4/c1-10-12(15-5)16-9-17-13(10)18-7-6-11(8-18)14(2,3)4/h9,11H,6-8H2,1-5H3,(H,15,16,17). The fourth-order valence-electron chi connectivity index (χ4n) is 2.67. The summed E-state index contributed by atoms with van der Waals surface area (Å²) in [6.07, 6.45) is 2.90. The van der Waals surface area contributed by atoms with Crippen LogP contribution < -0.4 is 10.2 Å². The summed E-state index contributed by atoms with van der Waals surface area (Å²) in [6, 6.07) is 0. The van der Waals surface area contributed by atoms with Crippen molar-refractivity contribution in [2.45, 2.75) is 34.1 Å². The van der Waals surface area contributed by atoms with Crippen molar-refractivity contribution in [3.05, 3.63) is 11.9 Å². The van der Waals surface area contributed by atoms with Crippen LogP contribution in [0.3, 0.4) is 0 Å². The third-order valence-electron chi connectivity index (χ3n) is 4.01. The lowest BCUT2D eigenvalue weighted by atomic mass is 9.80. The van der Waals surface area contributed by atoms with E-state index in [-0.39, 0.29) is 0 Å². The summed E-state index contributed by atoms with van der Waals surface area (Å²) in [5, 5.41) is 3.12. The van der Waals surface area contributed by atoms with Crippen molar-refractivity contribution in [3.63, 3.8) is 0 Å². The zero-order chi connectivity index (χ0) is 13.3. The topological polar surface area (TPSA) is 41.1 Å². The second-order valence-electron chi connectivity index (χ2n) is 6.22. The summed E-state index contributed by atoms with van der Waals surface area (Å²) in [6.45, 7) is 11.3. The van der Waals surface area contributed by atoms with Crippen LogP contribution in [0.25, 0.3) is 0 Å². The fourth-order valence-corrected chi connectivity index (χ4v) is 2.67. The predicted octanol–water partition coefficient (Wildman–Crippen LogP) is 2.70. The van der Waals surface area contributed by atoms with Gasteiger partial charge in [0.1, 0.15) is 18.0 Å². The molecule has 0 radical (unpaired) electrons. The van der Waals surface area contributed by atoms with Crippen LogP contribution in [0.2, 0.25) is 0 Å². The van der Waals surface area contributed by atoms with Gasteiger partial charge >= 0.3 is 0 Å². The lowest BCUT2D eigenvalue weighted by molar-refractivity contribution is 0.263. The molecule has 100 valence electrons. The van der Waals surface area contributed by atoms with E-state index in [9.17, 15) is 0 Å². The molecule has 1 N–H and O–H groups in total. The quantitative estimate of drug-likeness (QED) is 0.873. The van der Waals surface area contributed by atoms with Gasteiger partial charge in [-0.25, -0.2) is 9.97 Å². The molecule has 2 heterocycles. The van der Waals surface area contributed by atoms with Crippen molar-refractivity contribution in [2.24, 2.45) is 11.3 Å². The zero-order valence-corrected chi connectivity index (χ0v) is 12.1. The van der Waals surface area contributed by atoms with E-state index in [4.69, 9.17) is 0 Å². The Balaban J connectivity index is 2.20. The van der Waals surface area contributed by atoms with Gasteiger partial charge in [0.15, 0.2) is 0 Å². The van der Waals surface area contributed by atoms with Gasteiger partial charge in [0.25, 0.3) is 0 Å². The van der Waals surface area contributed by atoms with E-state index in [2.05, 4.69) is 47.9 Å². The molecule has 1 aliphatic heterocycles. The molecule has 0 bridgehead atoms. The van der Waals surface area contributed by atoms with Crippen LogP contribution in [-0.4, -0.2) is 30.1 Å². The van der Waals surface area contributed by atoms with Crippen LogP contribution >= 0.6 is 0 Å². The summed E-state index contributed by atoms with van der Waals surface area (Å²) in [5.74, 6) is 2.75. The van der Waals surface area contributed by atoms with Crippen LogP contribution in [0.5, 0.6) is 0 Å². The molecular weight excluding hydrogens is 224 g/mol. The molecule has 1 unspecified atom stereocenters. The second kappa shape index (κ2) is 4.75. The molecular formula is C14H24N4. The van der Waals surface area contributed by atoms with Crippen molar-refractivity contribution in [1.29, 1.82) is 0 Å². The van der Waals surface area contributed by atoms with E-state index in [1.54, 1.807) is 6.33 Å². The van der Waals surface area contributed by atoms with Crippen LogP contribution in [0.15, 0.2) is 6.33 Å². The number of hydrogen-bond acceptors (Lipinski definition) is 4. The first-order valence-electron chi connectivity index (χ1n) is 6.67. The average molecular weight is 248 g/mol. The summed E-state index contributed by atoms with van der Waals surface area (Å²) < 4.78 is 0. The highest BCUT2D eigenvalue weighted by molar-refractivity contribution is 5.58. The van der Waals surface area contributed by atoms with Crippen LogP contribution in [0.1, 0.15) is 32.8 Å². The maximum absolute atomic E-state index is 4.46. The first-order chi connectivity index (χ1) is 8.43. The summed E-state index contributed by atoms with van der Waals surface area (Å²) in [5.41, 5.74) is 1.52. The molecule has 0 amide bonds. The Bertz CT molecular complexity index is 422. The smallest absolute Gasteiger partial charge is 0.137 e. The normalized spacial score (nSPS) is 20.3. The third-order valence-corrected chi connectivity index (χ3v) is 4.01. The number of nitrogens with zero attached hydrogens (tertiary/aromatic N) is 3. The predicted molar refractivity (Wildman–Crippen MR) is 76.1 cm³/mol. The minimum atomic E-state index is 0.377. The van der Waals surface area contributed by atoms with E-state index >= 15 is 0 Å². The minimum absolute atomic E-state index is 0.377. The van der Waals surface area contributed by atoms with Crippen molar-refractivity contribution >= 4 is 11.6 Å². The molecule has 4 nitrogen and oxygen atoms in total. The highest BCUT2D eigenvalue weighted by Gasteiger charge is 2.32. The Morgan fingerprint density at radius 1 is 1.33 bits per heavy atom. The van der Waals surface area contributed by atoms with Crippen molar-refractivity contribution in [3.8, 4) is 0 Å². The highest BCUT2D eigenvalue weighted by Crippen LogP contribution is 2.36. The molecule has 4 heteroatoms.